The number of hydrogen-bond acceptors (Lipinski definition) is 3. The number of hydrogen-bond donors (Lipinski definition) is 2. The zero-order valence-corrected chi connectivity index (χ0v) is 10.9. The normalized spacial score (nSPS) is 24.6. The van der Waals surface area contributed by atoms with Gasteiger partial charge in [0.05, 0.1) is 0 Å². The van der Waals surface area contributed by atoms with Gasteiger partial charge in [0, 0.05) is 24.3 Å². The second kappa shape index (κ2) is 7.96. The molecule has 16 heavy (non-hydrogen) atoms. The van der Waals surface area contributed by atoms with Crippen molar-refractivity contribution in [3.05, 3.63) is 0 Å². The number of nitrogens with one attached hydrogen (secondary N) is 1. The summed E-state index contributed by atoms with van der Waals surface area (Å²) >= 11 is 1.96. The van der Waals surface area contributed by atoms with Crippen LogP contribution >= 0.6 is 11.8 Å². The van der Waals surface area contributed by atoms with Crippen molar-refractivity contribution in [2.75, 3.05) is 12.4 Å². The molecule has 1 aliphatic rings. The Bertz CT molecular complexity index is 211. The molecule has 4 heteroatoms. The van der Waals surface area contributed by atoms with Gasteiger partial charge in [0.15, 0.2) is 0 Å². The number of aliphatic hydroxyl groups is 1. The second-order valence-corrected chi connectivity index (χ2v) is 5.80. The van der Waals surface area contributed by atoms with E-state index >= 15 is 0 Å². The Kier molecular flexibility index (Phi) is 6.88. The van der Waals surface area contributed by atoms with Gasteiger partial charge < -0.3 is 10.4 Å². The monoisotopic (exact) mass is 245 g/mol. The molecule has 0 aromatic rings. The highest BCUT2D eigenvalue weighted by molar-refractivity contribution is 7.99. The van der Waals surface area contributed by atoms with E-state index in [0.717, 1.165) is 25.0 Å². The SMILES string of the molecule is CCSC1CCCC1NC(=O)CCCCO. The maximum Gasteiger partial charge on any atom is 0.220 e. The fourth-order valence-electron chi connectivity index (χ4n) is 2.18. The summed E-state index contributed by atoms with van der Waals surface area (Å²) in [7, 11) is 0. The smallest absolute Gasteiger partial charge is 0.220 e. The van der Waals surface area contributed by atoms with Crippen molar-refractivity contribution in [3.8, 4) is 0 Å². The molecule has 1 amide bonds. The van der Waals surface area contributed by atoms with Crippen LogP contribution in [0.2, 0.25) is 0 Å². The van der Waals surface area contributed by atoms with Gasteiger partial charge in [-0.15, -0.1) is 0 Å². The van der Waals surface area contributed by atoms with Crippen LogP contribution in [-0.2, 0) is 4.79 Å². The van der Waals surface area contributed by atoms with Crippen molar-refractivity contribution >= 4 is 17.7 Å². The van der Waals surface area contributed by atoms with Gasteiger partial charge >= 0.3 is 0 Å². The molecule has 2 unspecified atom stereocenters. The molecule has 1 saturated carbocycles. The van der Waals surface area contributed by atoms with Crippen molar-refractivity contribution < 1.29 is 9.90 Å². The summed E-state index contributed by atoms with van der Waals surface area (Å²) in [6.07, 6.45) is 5.68. The minimum Gasteiger partial charge on any atom is -0.396 e. The number of carbonyl (C=O) groups excluding carboxylic acids is 1. The molecule has 0 heterocycles. The lowest BCUT2D eigenvalue weighted by Gasteiger charge is -2.20. The molecule has 0 bridgehead atoms. The van der Waals surface area contributed by atoms with Crippen LogP contribution in [0.25, 0.3) is 0 Å². The van der Waals surface area contributed by atoms with Crippen molar-refractivity contribution in [3.63, 3.8) is 0 Å². The first-order chi connectivity index (χ1) is 7.77. The number of unbranched alkanes of at least 4 members (excludes halogenated alkanes) is 1. The first-order valence-electron chi connectivity index (χ1n) is 6.29. The lowest BCUT2D eigenvalue weighted by molar-refractivity contribution is -0.121. The molecule has 0 aromatic heterocycles. The Morgan fingerprint density at radius 2 is 2.25 bits per heavy atom. The van der Waals surface area contributed by atoms with E-state index in [2.05, 4.69) is 12.2 Å². The molecular formula is C12H23NO2S. The number of rotatable bonds is 7. The Morgan fingerprint density at radius 1 is 1.44 bits per heavy atom. The van der Waals surface area contributed by atoms with Crippen LogP contribution in [0.1, 0.15) is 45.4 Å². The lowest BCUT2D eigenvalue weighted by Crippen LogP contribution is -2.38. The molecule has 3 nitrogen and oxygen atoms in total. The predicted octanol–water partition coefficient (Wildman–Crippen LogP) is 1.94. The van der Waals surface area contributed by atoms with Gasteiger partial charge in [-0.25, -0.2) is 0 Å². The fourth-order valence-corrected chi connectivity index (χ4v) is 3.38. The highest BCUT2D eigenvalue weighted by Gasteiger charge is 2.27. The van der Waals surface area contributed by atoms with Gasteiger partial charge in [-0.1, -0.05) is 13.3 Å². The van der Waals surface area contributed by atoms with E-state index in [9.17, 15) is 4.79 Å². The zero-order valence-electron chi connectivity index (χ0n) is 10.1. The molecule has 94 valence electrons. The summed E-state index contributed by atoms with van der Waals surface area (Å²) in [5.41, 5.74) is 0. The largest absolute Gasteiger partial charge is 0.396 e. The molecule has 1 fully saturated rings. The molecular weight excluding hydrogens is 222 g/mol. The van der Waals surface area contributed by atoms with Gasteiger partial charge in [-0.3, -0.25) is 4.79 Å². The standard InChI is InChI=1S/C12H23NO2S/c1-2-16-11-7-5-6-10(11)13-12(15)8-3-4-9-14/h10-11,14H,2-9H2,1H3,(H,13,15). The van der Waals surface area contributed by atoms with Crippen LogP contribution in [0, 0.1) is 0 Å². The summed E-state index contributed by atoms with van der Waals surface area (Å²) in [4.78, 5) is 11.6. The highest BCUT2D eigenvalue weighted by Crippen LogP contribution is 2.29. The first kappa shape index (κ1) is 13.8. The van der Waals surface area contributed by atoms with E-state index in [-0.39, 0.29) is 12.5 Å². The maximum atomic E-state index is 11.6. The number of aliphatic hydroxyl groups excluding tert-OH is 1. The third kappa shape index (κ3) is 4.74. The Hall–Kier alpha value is -0.220. The van der Waals surface area contributed by atoms with Crippen molar-refractivity contribution in [2.45, 2.75) is 56.7 Å². The quantitative estimate of drug-likeness (QED) is 0.674. The van der Waals surface area contributed by atoms with Crippen molar-refractivity contribution in [2.24, 2.45) is 0 Å². The van der Waals surface area contributed by atoms with Gasteiger partial charge in [0.25, 0.3) is 0 Å². The summed E-state index contributed by atoms with van der Waals surface area (Å²) in [5.74, 6) is 1.28. The summed E-state index contributed by atoms with van der Waals surface area (Å²) in [6, 6.07) is 0.381. The van der Waals surface area contributed by atoms with E-state index < -0.39 is 0 Å². The molecule has 0 spiro atoms. The van der Waals surface area contributed by atoms with E-state index in [0.29, 0.717) is 17.7 Å². The number of thioether (sulfide) groups is 1. The Labute approximate surface area is 102 Å². The molecule has 0 radical (unpaired) electrons. The summed E-state index contributed by atoms with van der Waals surface area (Å²) < 4.78 is 0. The number of amides is 1. The van der Waals surface area contributed by atoms with Crippen LogP contribution in [-0.4, -0.2) is 34.7 Å². The highest BCUT2D eigenvalue weighted by atomic mass is 32.2. The fraction of sp³-hybridized carbons (Fsp3) is 0.917. The minimum absolute atomic E-state index is 0.155. The molecule has 0 aliphatic heterocycles. The first-order valence-corrected chi connectivity index (χ1v) is 7.34. The molecule has 1 rings (SSSR count). The molecule has 1 aliphatic carbocycles. The lowest BCUT2D eigenvalue weighted by atomic mass is 10.2. The van der Waals surface area contributed by atoms with Crippen LogP contribution < -0.4 is 5.32 Å². The van der Waals surface area contributed by atoms with Crippen molar-refractivity contribution in [1.29, 1.82) is 0 Å². The third-order valence-electron chi connectivity index (χ3n) is 2.99. The van der Waals surface area contributed by atoms with Crippen molar-refractivity contribution in [1.82, 2.24) is 5.32 Å². The average Bonchev–Trinajstić information content (AvgIpc) is 2.67. The van der Waals surface area contributed by atoms with E-state index in [1.54, 1.807) is 0 Å². The van der Waals surface area contributed by atoms with Gasteiger partial charge in [0.1, 0.15) is 0 Å². The van der Waals surface area contributed by atoms with Gasteiger partial charge in [-0.2, -0.15) is 11.8 Å². The van der Waals surface area contributed by atoms with Gasteiger partial charge in [-0.05, 0) is 31.4 Å². The molecule has 2 atom stereocenters. The van der Waals surface area contributed by atoms with Gasteiger partial charge in [0.2, 0.25) is 5.91 Å². The zero-order chi connectivity index (χ0) is 11.8. The number of carbonyl (C=O) groups is 1. The van der Waals surface area contributed by atoms with E-state index in [1.807, 2.05) is 11.8 Å². The minimum atomic E-state index is 0.155. The molecule has 2 N–H and O–H groups in total. The molecule has 0 saturated heterocycles. The van der Waals surface area contributed by atoms with Crippen LogP contribution in [0.15, 0.2) is 0 Å². The topological polar surface area (TPSA) is 49.3 Å². The van der Waals surface area contributed by atoms with Crippen LogP contribution in [0.5, 0.6) is 0 Å². The van der Waals surface area contributed by atoms with Crippen LogP contribution in [0.3, 0.4) is 0 Å². The predicted molar refractivity (Wildman–Crippen MR) is 68.6 cm³/mol. The third-order valence-corrected chi connectivity index (χ3v) is 4.32. The molecule has 0 aromatic carbocycles. The Morgan fingerprint density at radius 3 is 2.94 bits per heavy atom. The second-order valence-electron chi connectivity index (χ2n) is 4.28. The summed E-state index contributed by atoms with van der Waals surface area (Å²) in [6.45, 7) is 2.36. The maximum absolute atomic E-state index is 11.6. The average molecular weight is 245 g/mol. The Balaban J connectivity index is 2.21. The van der Waals surface area contributed by atoms with E-state index in [1.165, 1.54) is 12.8 Å². The van der Waals surface area contributed by atoms with Crippen LogP contribution in [0.4, 0.5) is 0 Å². The van der Waals surface area contributed by atoms with E-state index in [4.69, 9.17) is 5.11 Å². The summed E-state index contributed by atoms with van der Waals surface area (Å²) in [5, 5.41) is 12.4.